The maximum Gasteiger partial charge on any atom is 0.146 e. The summed E-state index contributed by atoms with van der Waals surface area (Å²) in [6, 6.07) is 14.5. The number of hydrogen-bond donors (Lipinski definition) is 0. The first-order valence-electron chi connectivity index (χ1n) is 4.81. The van der Waals surface area contributed by atoms with E-state index in [0.717, 1.165) is 6.16 Å². The summed E-state index contributed by atoms with van der Waals surface area (Å²) in [4.78, 5) is 0. The normalized spacial score (nSPS) is 10.3. The summed E-state index contributed by atoms with van der Waals surface area (Å²) in [5.74, 6) is 0. The van der Waals surface area contributed by atoms with Crippen LogP contribution >= 0.6 is 7.26 Å². The lowest BCUT2D eigenvalue weighted by atomic mass is 10.2. The van der Waals surface area contributed by atoms with Crippen molar-refractivity contribution in [2.45, 2.75) is 6.16 Å². The van der Waals surface area contributed by atoms with Gasteiger partial charge in [-0.05, 0) is 5.56 Å². The van der Waals surface area contributed by atoms with Crippen LogP contribution in [-0.2, 0) is 6.16 Å². The largest absolute Gasteiger partial charge is 0.194 e. The van der Waals surface area contributed by atoms with Gasteiger partial charge >= 0.3 is 0 Å². The molecule has 0 aromatic heterocycles. The fourth-order valence-corrected chi connectivity index (χ4v) is 3.64. The van der Waals surface area contributed by atoms with Gasteiger partial charge in [-0.25, -0.2) is 0 Å². The second-order valence-electron chi connectivity index (χ2n) is 3.90. The maximum atomic E-state index is 8.77. The molecule has 1 aromatic carbocycles. The average molecular weight is 217 g/mol. The van der Waals surface area contributed by atoms with E-state index in [1.54, 1.807) is 0 Å². The van der Waals surface area contributed by atoms with E-state index in [9.17, 15) is 0 Å². The molecule has 3 heteroatoms. The van der Waals surface area contributed by atoms with Gasteiger partial charge < -0.3 is 0 Å². The van der Waals surface area contributed by atoms with E-state index in [4.69, 9.17) is 10.5 Å². The lowest BCUT2D eigenvalue weighted by Gasteiger charge is -2.16. The topological polar surface area (TPSA) is 47.6 Å². The number of hydrogen-bond acceptors (Lipinski definition) is 2. The van der Waals surface area contributed by atoms with Crippen LogP contribution in [0, 0.1) is 22.7 Å². The fraction of sp³-hybridized carbons (Fsp3) is 0.333. The highest BCUT2D eigenvalue weighted by Gasteiger charge is 2.31. The Morgan fingerprint density at radius 1 is 1.07 bits per heavy atom. The molecule has 0 spiro atoms. The van der Waals surface area contributed by atoms with Crippen molar-refractivity contribution in [1.29, 1.82) is 10.5 Å². The first-order valence-corrected chi connectivity index (χ1v) is 7.61. The van der Waals surface area contributed by atoms with E-state index in [2.05, 4.69) is 30.9 Å². The van der Waals surface area contributed by atoms with Crippen molar-refractivity contribution in [2.75, 3.05) is 19.0 Å². The second-order valence-corrected chi connectivity index (χ2v) is 8.08. The summed E-state index contributed by atoms with van der Waals surface area (Å²) in [6.07, 6.45) is 1.97. The molecule has 2 nitrogen and oxygen atoms in total. The Hall–Kier alpha value is -1.37. The highest BCUT2D eigenvalue weighted by molar-refractivity contribution is 7.74. The molecule has 0 heterocycles. The van der Waals surface area contributed by atoms with Gasteiger partial charge in [0.1, 0.15) is 24.5 Å². The van der Waals surface area contributed by atoms with Crippen molar-refractivity contribution in [3.05, 3.63) is 35.9 Å². The molecular formula is C12H14N2P+. The fourth-order valence-electron chi connectivity index (χ4n) is 1.53. The van der Waals surface area contributed by atoms with Crippen molar-refractivity contribution >= 4 is 7.26 Å². The molecule has 0 unspecified atom stereocenters. The van der Waals surface area contributed by atoms with Crippen LogP contribution in [-0.4, -0.2) is 19.0 Å². The van der Waals surface area contributed by atoms with E-state index in [0.29, 0.717) is 12.3 Å². The van der Waals surface area contributed by atoms with Crippen molar-refractivity contribution in [2.24, 2.45) is 0 Å². The van der Waals surface area contributed by atoms with Gasteiger partial charge in [0.05, 0.1) is 12.8 Å². The quantitative estimate of drug-likeness (QED) is 0.728. The Labute approximate surface area is 91.5 Å². The third-order valence-corrected chi connectivity index (χ3v) is 5.25. The van der Waals surface area contributed by atoms with Gasteiger partial charge in [-0.2, -0.15) is 10.5 Å². The van der Waals surface area contributed by atoms with Crippen LogP contribution in [0.25, 0.3) is 0 Å². The summed E-state index contributed by atoms with van der Waals surface area (Å²) in [7, 11) is -1.41. The molecule has 0 fully saturated rings. The van der Waals surface area contributed by atoms with Gasteiger partial charge in [-0.1, -0.05) is 30.3 Å². The highest BCUT2D eigenvalue weighted by atomic mass is 31.2. The predicted octanol–water partition coefficient (Wildman–Crippen LogP) is 2.88. The summed E-state index contributed by atoms with van der Waals surface area (Å²) >= 11 is 0. The maximum absolute atomic E-state index is 8.77. The SMILES string of the molecule is C[P+](CC#N)(CC#N)Cc1ccccc1. The number of nitrogens with zero attached hydrogens (tertiary/aromatic N) is 2. The molecule has 1 aromatic rings. The van der Waals surface area contributed by atoms with E-state index in [1.807, 2.05) is 18.2 Å². The summed E-state index contributed by atoms with van der Waals surface area (Å²) in [5, 5.41) is 17.5. The van der Waals surface area contributed by atoms with Gasteiger partial charge in [0.25, 0.3) is 0 Å². The lowest BCUT2D eigenvalue weighted by Crippen LogP contribution is -2.03. The van der Waals surface area contributed by atoms with Crippen molar-refractivity contribution < 1.29 is 0 Å². The smallest absolute Gasteiger partial charge is 0.146 e. The van der Waals surface area contributed by atoms with Gasteiger partial charge in [0.15, 0.2) is 0 Å². The lowest BCUT2D eigenvalue weighted by molar-refractivity contribution is 1.33. The molecule has 0 aliphatic rings. The van der Waals surface area contributed by atoms with E-state index in [-0.39, 0.29) is 0 Å². The molecule has 0 saturated carbocycles. The molecule has 0 N–H and O–H groups in total. The minimum Gasteiger partial charge on any atom is -0.194 e. The first kappa shape index (κ1) is 11.7. The molecular weight excluding hydrogens is 203 g/mol. The molecule has 0 amide bonds. The predicted molar refractivity (Wildman–Crippen MR) is 64.0 cm³/mol. The average Bonchev–Trinajstić information content (AvgIpc) is 2.19. The second kappa shape index (κ2) is 5.50. The summed E-state index contributed by atoms with van der Waals surface area (Å²) < 4.78 is 0. The number of nitriles is 2. The standard InChI is InChI=1S/C12H14N2P/c1-15(9-7-13,10-8-14)11-12-5-3-2-4-6-12/h2-6H,9-11H2,1H3/q+1. The van der Waals surface area contributed by atoms with Crippen LogP contribution in [0.2, 0.25) is 0 Å². The molecule has 0 aliphatic heterocycles. The van der Waals surface area contributed by atoms with Crippen LogP contribution in [0.5, 0.6) is 0 Å². The minimum atomic E-state index is -1.41. The molecule has 0 radical (unpaired) electrons. The molecule has 15 heavy (non-hydrogen) atoms. The molecule has 0 aliphatic carbocycles. The molecule has 0 saturated heterocycles. The summed E-state index contributed by atoms with van der Waals surface area (Å²) in [5.41, 5.74) is 1.24. The molecule has 76 valence electrons. The first-order chi connectivity index (χ1) is 7.20. The highest BCUT2D eigenvalue weighted by Crippen LogP contribution is 2.57. The van der Waals surface area contributed by atoms with Gasteiger partial charge in [0, 0.05) is 7.26 Å². The van der Waals surface area contributed by atoms with Crippen molar-refractivity contribution in [3.8, 4) is 12.1 Å². The number of rotatable bonds is 4. The van der Waals surface area contributed by atoms with E-state index in [1.165, 1.54) is 5.56 Å². The van der Waals surface area contributed by atoms with Gasteiger partial charge in [0.2, 0.25) is 0 Å². The van der Waals surface area contributed by atoms with Crippen LogP contribution in [0.15, 0.2) is 30.3 Å². The third kappa shape index (κ3) is 3.70. The van der Waals surface area contributed by atoms with Crippen molar-refractivity contribution in [1.82, 2.24) is 0 Å². The minimum absolute atomic E-state index is 0.537. The monoisotopic (exact) mass is 217 g/mol. The van der Waals surface area contributed by atoms with E-state index < -0.39 is 7.26 Å². The summed E-state index contributed by atoms with van der Waals surface area (Å²) in [6.45, 7) is 2.10. The van der Waals surface area contributed by atoms with Crippen molar-refractivity contribution in [3.63, 3.8) is 0 Å². The zero-order valence-electron chi connectivity index (χ0n) is 8.85. The Kier molecular flexibility index (Phi) is 4.29. The van der Waals surface area contributed by atoms with E-state index >= 15 is 0 Å². The number of benzene rings is 1. The Morgan fingerprint density at radius 2 is 1.60 bits per heavy atom. The Morgan fingerprint density at radius 3 is 2.07 bits per heavy atom. The zero-order chi connectivity index (χ0) is 11.1. The van der Waals surface area contributed by atoms with Gasteiger partial charge in [-0.3, -0.25) is 0 Å². The molecule has 0 bridgehead atoms. The van der Waals surface area contributed by atoms with Crippen LogP contribution in [0.4, 0.5) is 0 Å². The molecule has 1 rings (SSSR count). The Balaban J connectivity index is 2.77. The third-order valence-electron chi connectivity index (χ3n) is 2.31. The van der Waals surface area contributed by atoms with Crippen LogP contribution in [0.1, 0.15) is 5.56 Å². The van der Waals surface area contributed by atoms with Crippen LogP contribution < -0.4 is 0 Å². The van der Waals surface area contributed by atoms with Gasteiger partial charge in [-0.15, -0.1) is 0 Å². The van der Waals surface area contributed by atoms with Crippen LogP contribution in [0.3, 0.4) is 0 Å². The Bertz CT molecular complexity index is 370. The zero-order valence-corrected chi connectivity index (χ0v) is 9.74. The molecule has 0 atom stereocenters.